The summed E-state index contributed by atoms with van der Waals surface area (Å²) >= 11 is 0. The van der Waals surface area contributed by atoms with Gasteiger partial charge in [-0.25, -0.2) is 4.79 Å². The van der Waals surface area contributed by atoms with Crippen molar-refractivity contribution in [1.29, 1.82) is 0 Å². The van der Waals surface area contributed by atoms with Crippen LogP contribution in [0.5, 0.6) is 5.75 Å². The first-order chi connectivity index (χ1) is 15.1. The van der Waals surface area contributed by atoms with Crippen molar-refractivity contribution < 1.29 is 19.1 Å². The SMILES string of the molecule is COc1ccc(CN2C(=O)CCN(c3ccc(N4CCC(C=O)CC4)cc3)C2=O)cc1. The van der Waals surface area contributed by atoms with E-state index in [0.29, 0.717) is 13.0 Å². The molecule has 7 nitrogen and oxygen atoms in total. The van der Waals surface area contributed by atoms with Crippen LogP contribution in [-0.4, -0.2) is 49.9 Å². The first-order valence-corrected chi connectivity index (χ1v) is 10.6. The fraction of sp³-hybridized carbons (Fsp3) is 0.375. The van der Waals surface area contributed by atoms with Gasteiger partial charge in [0.2, 0.25) is 5.91 Å². The summed E-state index contributed by atoms with van der Waals surface area (Å²) in [6.45, 7) is 2.33. The van der Waals surface area contributed by atoms with Crippen LogP contribution in [0, 0.1) is 5.92 Å². The Morgan fingerprint density at radius 1 is 0.935 bits per heavy atom. The number of urea groups is 1. The van der Waals surface area contributed by atoms with Gasteiger partial charge in [0, 0.05) is 43.3 Å². The van der Waals surface area contributed by atoms with Crippen LogP contribution in [0.1, 0.15) is 24.8 Å². The molecule has 2 fully saturated rings. The van der Waals surface area contributed by atoms with Gasteiger partial charge in [0.05, 0.1) is 13.7 Å². The highest BCUT2D eigenvalue weighted by molar-refractivity contribution is 6.05. The van der Waals surface area contributed by atoms with E-state index < -0.39 is 0 Å². The molecule has 2 aliphatic heterocycles. The third-order valence-electron chi connectivity index (χ3n) is 6.07. The maximum Gasteiger partial charge on any atom is 0.331 e. The molecule has 3 amide bonds. The number of carbonyl (C=O) groups is 3. The molecule has 2 heterocycles. The number of ether oxygens (including phenoxy) is 1. The second kappa shape index (κ2) is 9.20. The molecule has 162 valence electrons. The molecule has 2 aromatic carbocycles. The number of hydrogen-bond donors (Lipinski definition) is 0. The van der Waals surface area contributed by atoms with E-state index in [1.165, 1.54) is 4.90 Å². The normalized spacial score (nSPS) is 17.8. The van der Waals surface area contributed by atoms with Crippen LogP contribution in [0.4, 0.5) is 16.2 Å². The van der Waals surface area contributed by atoms with Gasteiger partial charge in [-0.3, -0.25) is 14.6 Å². The zero-order valence-corrected chi connectivity index (χ0v) is 17.7. The minimum absolute atomic E-state index is 0.160. The molecule has 2 saturated heterocycles. The molecule has 2 aliphatic rings. The lowest BCUT2D eigenvalue weighted by Crippen LogP contribution is -2.52. The molecular formula is C24H27N3O4. The second-order valence-corrected chi connectivity index (χ2v) is 7.99. The number of methoxy groups -OCH3 is 1. The van der Waals surface area contributed by atoms with E-state index >= 15 is 0 Å². The molecule has 2 aromatic rings. The summed E-state index contributed by atoms with van der Waals surface area (Å²) in [5, 5.41) is 0. The van der Waals surface area contributed by atoms with Gasteiger partial charge in [-0.1, -0.05) is 12.1 Å². The highest BCUT2D eigenvalue weighted by Crippen LogP contribution is 2.27. The van der Waals surface area contributed by atoms with E-state index in [-0.39, 0.29) is 24.4 Å². The Hall–Kier alpha value is -3.35. The molecule has 0 aromatic heterocycles. The van der Waals surface area contributed by atoms with E-state index in [1.54, 1.807) is 12.0 Å². The Bertz CT molecular complexity index is 934. The lowest BCUT2D eigenvalue weighted by Gasteiger charge is -2.35. The molecule has 0 bridgehead atoms. The smallest absolute Gasteiger partial charge is 0.331 e. The molecule has 0 aliphatic carbocycles. The molecule has 4 rings (SSSR count). The maximum atomic E-state index is 13.1. The second-order valence-electron chi connectivity index (χ2n) is 7.99. The zero-order valence-electron chi connectivity index (χ0n) is 17.7. The van der Waals surface area contributed by atoms with Crippen LogP contribution in [0.25, 0.3) is 0 Å². The van der Waals surface area contributed by atoms with Gasteiger partial charge in [-0.05, 0) is 54.8 Å². The monoisotopic (exact) mass is 421 g/mol. The third-order valence-corrected chi connectivity index (χ3v) is 6.07. The first-order valence-electron chi connectivity index (χ1n) is 10.6. The summed E-state index contributed by atoms with van der Waals surface area (Å²) in [6, 6.07) is 14.9. The lowest BCUT2D eigenvalue weighted by molar-refractivity contribution is -0.129. The van der Waals surface area contributed by atoms with E-state index in [4.69, 9.17) is 4.74 Å². The summed E-state index contributed by atoms with van der Waals surface area (Å²) < 4.78 is 5.17. The van der Waals surface area contributed by atoms with Gasteiger partial charge in [0.1, 0.15) is 12.0 Å². The van der Waals surface area contributed by atoms with Crippen molar-refractivity contribution in [2.45, 2.75) is 25.8 Å². The van der Waals surface area contributed by atoms with Crippen molar-refractivity contribution in [2.24, 2.45) is 5.92 Å². The van der Waals surface area contributed by atoms with Gasteiger partial charge in [-0.2, -0.15) is 0 Å². The first kappa shape index (κ1) is 20.9. The molecule has 7 heteroatoms. The summed E-state index contributed by atoms with van der Waals surface area (Å²) in [5.41, 5.74) is 2.74. The number of hydrogen-bond acceptors (Lipinski definition) is 5. The van der Waals surface area contributed by atoms with Crippen LogP contribution in [0.3, 0.4) is 0 Å². The third kappa shape index (κ3) is 4.55. The molecule has 0 atom stereocenters. The highest BCUT2D eigenvalue weighted by atomic mass is 16.5. The average molecular weight is 421 g/mol. The predicted molar refractivity (Wildman–Crippen MR) is 118 cm³/mol. The highest BCUT2D eigenvalue weighted by Gasteiger charge is 2.33. The molecule has 0 N–H and O–H groups in total. The van der Waals surface area contributed by atoms with Gasteiger partial charge < -0.3 is 14.4 Å². The van der Waals surface area contributed by atoms with Crippen LogP contribution in [0.15, 0.2) is 48.5 Å². The summed E-state index contributed by atoms with van der Waals surface area (Å²) in [4.78, 5) is 41.7. The number of piperidine rings is 1. The summed E-state index contributed by atoms with van der Waals surface area (Å²) in [5.74, 6) is 0.736. The van der Waals surface area contributed by atoms with Gasteiger partial charge in [0.25, 0.3) is 0 Å². The fourth-order valence-corrected chi connectivity index (χ4v) is 4.14. The molecular weight excluding hydrogens is 394 g/mol. The number of imide groups is 1. The van der Waals surface area contributed by atoms with Crippen LogP contribution in [-0.2, 0) is 16.1 Å². The van der Waals surface area contributed by atoms with Crippen LogP contribution >= 0.6 is 0 Å². The van der Waals surface area contributed by atoms with Crippen molar-refractivity contribution in [3.8, 4) is 5.75 Å². The van der Waals surface area contributed by atoms with Gasteiger partial charge in [0.15, 0.2) is 0 Å². The Balaban J connectivity index is 1.44. The van der Waals surface area contributed by atoms with Crippen molar-refractivity contribution in [3.63, 3.8) is 0 Å². The number of amides is 3. The number of benzene rings is 2. The van der Waals surface area contributed by atoms with E-state index in [2.05, 4.69) is 4.90 Å². The van der Waals surface area contributed by atoms with Crippen molar-refractivity contribution in [2.75, 3.05) is 36.5 Å². The number of rotatable bonds is 6. The lowest BCUT2D eigenvalue weighted by atomic mass is 9.98. The Morgan fingerprint density at radius 3 is 2.19 bits per heavy atom. The minimum Gasteiger partial charge on any atom is -0.497 e. The number of aldehydes is 1. The topological polar surface area (TPSA) is 70.2 Å². The predicted octanol–water partition coefficient (Wildman–Crippen LogP) is 3.47. The van der Waals surface area contributed by atoms with E-state index in [9.17, 15) is 14.4 Å². The Labute approximate surface area is 182 Å². The van der Waals surface area contributed by atoms with Gasteiger partial charge >= 0.3 is 6.03 Å². The number of anilines is 2. The van der Waals surface area contributed by atoms with E-state index in [1.807, 2.05) is 48.5 Å². The summed E-state index contributed by atoms with van der Waals surface area (Å²) in [7, 11) is 1.60. The number of nitrogens with zero attached hydrogens (tertiary/aromatic N) is 3. The molecule has 0 spiro atoms. The molecule has 0 unspecified atom stereocenters. The summed E-state index contributed by atoms with van der Waals surface area (Å²) in [6.07, 6.45) is 3.10. The standard InChI is InChI=1S/C24H27N3O4/c1-31-22-8-2-18(3-9-22)16-27-23(29)12-15-26(24(27)30)21-6-4-20(5-7-21)25-13-10-19(17-28)11-14-25/h2-9,17,19H,10-16H2,1H3. The maximum absolute atomic E-state index is 13.1. The van der Waals surface area contributed by atoms with Crippen molar-refractivity contribution in [1.82, 2.24) is 4.90 Å². The molecule has 31 heavy (non-hydrogen) atoms. The van der Waals surface area contributed by atoms with Gasteiger partial charge in [-0.15, -0.1) is 0 Å². The van der Waals surface area contributed by atoms with Crippen molar-refractivity contribution >= 4 is 29.6 Å². The molecule has 0 radical (unpaired) electrons. The average Bonchev–Trinajstić information content (AvgIpc) is 2.82. The van der Waals surface area contributed by atoms with Crippen LogP contribution < -0.4 is 14.5 Å². The Kier molecular flexibility index (Phi) is 6.21. The van der Waals surface area contributed by atoms with Crippen molar-refractivity contribution in [3.05, 3.63) is 54.1 Å². The Morgan fingerprint density at radius 2 is 1.58 bits per heavy atom. The largest absolute Gasteiger partial charge is 0.497 e. The molecule has 0 saturated carbocycles. The number of carbonyl (C=O) groups excluding carboxylic acids is 3. The fourth-order valence-electron chi connectivity index (χ4n) is 4.14. The van der Waals surface area contributed by atoms with E-state index in [0.717, 1.165) is 54.9 Å². The zero-order chi connectivity index (χ0) is 21.8. The quantitative estimate of drug-likeness (QED) is 0.668. The minimum atomic E-state index is -0.299. The van der Waals surface area contributed by atoms with Crippen LogP contribution in [0.2, 0.25) is 0 Å².